The number of benzene rings is 1. The summed E-state index contributed by atoms with van der Waals surface area (Å²) in [5, 5.41) is 0. The number of nitrogens with zero attached hydrogens (tertiary/aromatic N) is 2. The summed E-state index contributed by atoms with van der Waals surface area (Å²) in [6, 6.07) is 7.04. The highest BCUT2D eigenvalue weighted by Crippen LogP contribution is 2.40. The number of rotatable bonds is 2. The van der Waals surface area contributed by atoms with Crippen LogP contribution in [-0.2, 0) is 9.59 Å². The van der Waals surface area contributed by atoms with Gasteiger partial charge in [0.05, 0.1) is 17.5 Å². The molecule has 0 bridgehead atoms. The van der Waals surface area contributed by atoms with Crippen LogP contribution in [0, 0.1) is 17.8 Å². The Kier molecular flexibility index (Phi) is 4.55. The van der Waals surface area contributed by atoms with E-state index in [-0.39, 0.29) is 29.6 Å². The molecule has 3 fully saturated rings. The van der Waals surface area contributed by atoms with E-state index in [1.165, 1.54) is 4.90 Å². The van der Waals surface area contributed by atoms with Crippen LogP contribution < -0.4 is 4.90 Å². The zero-order chi connectivity index (χ0) is 18.3. The standard InChI is InChI=1S/C21H26N2O3/c1-14-9-11-22(12-10-14)19(24)15-5-4-6-16(13-15)23-20(25)17-7-2-3-8-18(17)21(23)26/h4-6,13-14,17-18H,2-3,7-12H2,1H3/t17-,18-/m1/s1. The van der Waals surface area contributed by atoms with Crippen molar-refractivity contribution in [3.63, 3.8) is 0 Å². The summed E-state index contributed by atoms with van der Waals surface area (Å²) in [4.78, 5) is 41.6. The maximum Gasteiger partial charge on any atom is 0.253 e. The van der Waals surface area contributed by atoms with Gasteiger partial charge in [0.15, 0.2) is 0 Å². The molecule has 0 aromatic heterocycles. The molecule has 3 amide bonds. The minimum atomic E-state index is -0.167. The van der Waals surface area contributed by atoms with Gasteiger partial charge < -0.3 is 4.90 Å². The third-order valence-corrected chi connectivity index (χ3v) is 6.26. The van der Waals surface area contributed by atoms with Crippen molar-refractivity contribution in [3.8, 4) is 0 Å². The molecule has 138 valence electrons. The van der Waals surface area contributed by atoms with Gasteiger partial charge in [-0.2, -0.15) is 0 Å². The first-order valence-electron chi connectivity index (χ1n) is 9.83. The smallest absolute Gasteiger partial charge is 0.253 e. The fourth-order valence-electron chi connectivity index (χ4n) is 4.59. The van der Waals surface area contributed by atoms with Crippen LogP contribution in [0.3, 0.4) is 0 Å². The average Bonchev–Trinajstić information content (AvgIpc) is 2.93. The first kappa shape index (κ1) is 17.3. The second-order valence-electron chi connectivity index (χ2n) is 8.03. The van der Waals surface area contributed by atoms with E-state index >= 15 is 0 Å². The third-order valence-electron chi connectivity index (χ3n) is 6.26. The van der Waals surface area contributed by atoms with Crippen molar-refractivity contribution in [1.82, 2.24) is 4.90 Å². The third kappa shape index (κ3) is 2.93. The van der Waals surface area contributed by atoms with Gasteiger partial charge in [-0.1, -0.05) is 25.8 Å². The second kappa shape index (κ2) is 6.86. The molecule has 0 unspecified atom stereocenters. The number of hydrogen-bond acceptors (Lipinski definition) is 3. The normalized spacial score (nSPS) is 27.0. The van der Waals surface area contributed by atoms with Crippen molar-refractivity contribution in [2.24, 2.45) is 17.8 Å². The number of carbonyl (C=O) groups excluding carboxylic acids is 3. The number of fused-ring (bicyclic) bond motifs is 1. The van der Waals surface area contributed by atoms with Crippen LogP contribution in [0.2, 0.25) is 0 Å². The minimum Gasteiger partial charge on any atom is -0.339 e. The fourth-order valence-corrected chi connectivity index (χ4v) is 4.59. The summed E-state index contributed by atoms with van der Waals surface area (Å²) >= 11 is 0. The number of carbonyl (C=O) groups is 3. The Morgan fingerprint density at radius 2 is 1.58 bits per heavy atom. The first-order chi connectivity index (χ1) is 12.6. The molecule has 1 aliphatic carbocycles. The lowest BCUT2D eigenvalue weighted by atomic mass is 9.81. The van der Waals surface area contributed by atoms with E-state index < -0.39 is 0 Å². The Morgan fingerprint density at radius 3 is 2.19 bits per heavy atom. The SMILES string of the molecule is CC1CCN(C(=O)c2cccc(N3C(=O)[C@@H]4CCCC[C@H]4C3=O)c2)CC1. The molecule has 2 saturated heterocycles. The molecule has 1 aromatic carbocycles. The largest absolute Gasteiger partial charge is 0.339 e. The van der Waals surface area contributed by atoms with Gasteiger partial charge in [0.2, 0.25) is 11.8 Å². The van der Waals surface area contributed by atoms with Crippen LogP contribution >= 0.6 is 0 Å². The molecule has 2 atom stereocenters. The summed E-state index contributed by atoms with van der Waals surface area (Å²) in [5.41, 5.74) is 1.11. The summed E-state index contributed by atoms with van der Waals surface area (Å²) in [6.45, 7) is 3.76. The average molecular weight is 354 g/mol. The molecule has 3 aliphatic rings. The lowest BCUT2D eigenvalue weighted by Gasteiger charge is -2.30. The maximum atomic E-state index is 12.8. The number of hydrogen-bond donors (Lipinski definition) is 0. The van der Waals surface area contributed by atoms with Gasteiger partial charge >= 0.3 is 0 Å². The molecule has 2 aliphatic heterocycles. The predicted molar refractivity (Wildman–Crippen MR) is 98.7 cm³/mol. The molecule has 5 nitrogen and oxygen atoms in total. The Bertz CT molecular complexity index is 713. The monoisotopic (exact) mass is 354 g/mol. The molecular weight excluding hydrogens is 328 g/mol. The topological polar surface area (TPSA) is 57.7 Å². The minimum absolute atomic E-state index is 0.00439. The fraction of sp³-hybridized carbons (Fsp3) is 0.571. The van der Waals surface area contributed by atoms with Crippen LogP contribution in [0.1, 0.15) is 55.8 Å². The van der Waals surface area contributed by atoms with Crippen molar-refractivity contribution in [1.29, 1.82) is 0 Å². The van der Waals surface area contributed by atoms with Crippen molar-refractivity contribution in [2.75, 3.05) is 18.0 Å². The molecule has 4 rings (SSSR count). The Labute approximate surface area is 154 Å². The quantitative estimate of drug-likeness (QED) is 0.766. The van der Waals surface area contributed by atoms with Gasteiger partial charge in [-0.3, -0.25) is 19.3 Å². The highest BCUT2D eigenvalue weighted by molar-refractivity contribution is 6.22. The van der Waals surface area contributed by atoms with Gasteiger partial charge in [0, 0.05) is 18.7 Å². The van der Waals surface area contributed by atoms with Crippen molar-refractivity contribution >= 4 is 23.4 Å². The maximum absolute atomic E-state index is 12.8. The van der Waals surface area contributed by atoms with Crippen LogP contribution in [0.5, 0.6) is 0 Å². The number of likely N-dealkylation sites (tertiary alicyclic amines) is 1. The zero-order valence-corrected chi connectivity index (χ0v) is 15.3. The van der Waals surface area contributed by atoms with Gasteiger partial charge in [-0.05, 0) is 49.8 Å². The molecule has 0 spiro atoms. The van der Waals surface area contributed by atoms with E-state index in [0.717, 1.165) is 51.6 Å². The predicted octanol–water partition coefficient (Wildman–Crippen LogP) is 3.24. The summed E-state index contributed by atoms with van der Waals surface area (Å²) < 4.78 is 0. The van der Waals surface area contributed by atoms with Crippen LogP contribution in [0.25, 0.3) is 0 Å². The lowest BCUT2D eigenvalue weighted by Crippen LogP contribution is -2.38. The molecule has 5 heteroatoms. The van der Waals surface area contributed by atoms with Crippen molar-refractivity contribution in [2.45, 2.75) is 45.4 Å². The summed E-state index contributed by atoms with van der Waals surface area (Å²) in [7, 11) is 0. The molecular formula is C21H26N2O3. The number of imide groups is 1. The Balaban J connectivity index is 1.57. The van der Waals surface area contributed by atoms with E-state index in [9.17, 15) is 14.4 Å². The van der Waals surface area contributed by atoms with E-state index in [1.807, 2.05) is 4.90 Å². The van der Waals surface area contributed by atoms with E-state index in [4.69, 9.17) is 0 Å². The van der Waals surface area contributed by atoms with E-state index in [0.29, 0.717) is 17.2 Å². The van der Waals surface area contributed by atoms with Gasteiger partial charge in [-0.15, -0.1) is 0 Å². The van der Waals surface area contributed by atoms with Gasteiger partial charge in [0.1, 0.15) is 0 Å². The molecule has 26 heavy (non-hydrogen) atoms. The number of amides is 3. The summed E-state index contributed by atoms with van der Waals surface area (Å²) in [6.07, 6.45) is 5.68. The van der Waals surface area contributed by atoms with Crippen LogP contribution in [0.4, 0.5) is 5.69 Å². The molecule has 2 heterocycles. The van der Waals surface area contributed by atoms with Crippen LogP contribution in [0.15, 0.2) is 24.3 Å². The lowest BCUT2D eigenvalue weighted by molar-refractivity contribution is -0.122. The highest BCUT2D eigenvalue weighted by atomic mass is 16.2. The van der Waals surface area contributed by atoms with Gasteiger partial charge in [0.25, 0.3) is 5.91 Å². The number of anilines is 1. The second-order valence-corrected chi connectivity index (χ2v) is 8.03. The molecule has 0 N–H and O–H groups in total. The number of piperidine rings is 1. The molecule has 1 aromatic rings. The zero-order valence-electron chi connectivity index (χ0n) is 15.3. The van der Waals surface area contributed by atoms with Crippen molar-refractivity contribution in [3.05, 3.63) is 29.8 Å². The van der Waals surface area contributed by atoms with Crippen molar-refractivity contribution < 1.29 is 14.4 Å². The first-order valence-corrected chi connectivity index (χ1v) is 9.83. The van der Waals surface area contributed by atoms with Gasteiger partial charge in [-0.25, -0.2) is 0 Å². The summed E-state index contributed by atoms with van der Waals surface area (Å²) in [5.74, 6) is 0.148. The highest BCUT2D eigenvalue weighted by Gasteiger charge is 2.48. The van der Waals surface area contributed by atoms with Crippen LogP contribution in [-0.4, -0.2) is 35.7 Å². The molecule has 0 radical (unpaired) electrons. The van der Waals surface area contributed by atoms with E-state index in [1.54, 1.807) is 24.3 Å². The Morgan fingerprint density at radius 1 is 0.962 bits per heavy atom. The van der Waals surface area contributed by atoms with E-state index in [2.05, 4.69) is 6.92 Å². The molecule has 1 saturated carbocycles. The Hall–Kier alpha value is -2.17.